The van der Waals surface area contributed by atoms with Gasteiger partial charge >= 0.3 is 0 Å². The first-order valence-corrected chi connectivity index (χ1v) is 6.78. The highest BCUT2D eigenvalue weighted by atomic mass is 15.2. The van der Waals surface area contributed by atoms with Crippen LogP contribution in [0.1, 0.15) is 18.0 Å². The van der Waals surface area contributed by atoms with E-state index in [2.05, 4.69) is 40.7 Å². The third-order valence-corrected chi connectivity index (χ3v) is 4.04. The Morgan fingerprint density at radius 3 is 2.94 bits per heavy atom. The predicted octanol–water partition coefficient (Wildman–Crippen LogP) is 1.50. The molecular formula is C15H21N3. The van der Waals surface area contributed by atoms with Crippen molar-refractivity contribution in [2.24, 2.45) is 11.7 Å². The Morgan fingerprint density at radius 1 is 1.33 bits per heavy atom. The van der Waals surface area contributed by atoms with Crippen molar-refractivity contribution in [3.63, 3.8) is 0 Å². The molecule has 0 saturated carbocycles. The first-order valence-electron chi connectivity index (χ1n) is 6.78. The summed E-state index contributed by atoms with van der Waals surface area (Å²) in [5.41, 5.74) is 9.06. The van der Waals surface area contributed by atoms with Gasteiger partial charge in [-0.05, 0) is 23.8 Å². The summed E-state index contributed by atoms with van der Waals surface area (Å²) in [6.45, 7) is 4.54. The predicted molar refractivity (Wildman–Crippen MR) is 74.0 cm³/mol. The summed E-state index contributed by atoms with van der Waals surface area (Å²) >= 11 is 0. The van der Waals surface area contributed by atoms with Crippen molar-refractivity contribution in [3.8, 4) is 0 Å². The molecule has 3 rings (SSSR count). The maximum absolute atomic E-state index is 6.24. The van der Waals surface area contributed by atoms with E-state index in [1.165, 1.54) is 12.1 Å². The van der Waals surface area contributed by atoms with Crippen molar-refractivity contribution in [2.75, 3.05) is 26.2 Å². The van der Waals surface area contributed by atoms with Gasteiger partial charge in [-0.1, -0.05) is 30.3 Å². The van der Waals surface area contributed by atoms with Gasteiger partial charge in [-0.15, -0.1) is 0 Å². The van der Waals surface area contributed by atoms with E-state index in [0.717, 1.165) is 32.0 Å². The normalized spacial score (nSPS) is 24.5. The lowest BCUT2D eigenvalue weighted by Gasteiger charge is -2.19. The molecule has 0 radical (unpaired) electrons. The largest absolute Gasteiger partial charge is 0.390 e. The number of hydrogen-bond acceptors (Lipinski definition) is 3. The molecule has 0 aliphatic carbocycles. The summed E-state index contributed by atoms with van der Waals surface area (Å²) in [5, 5.41) is 3.32. The van der Waals surface area contributed by atoms with Crippen LogP contribution in [0.4, 0.5) is 0 Å². The quantitative estimate of drug-likeness (QED) is 0.842. The molecular weight excluding hydrogens is 222 g/mol. The summed E-state index contributed by atoms with van der Waals surface area (Å²) in [7, 11) is 0. The number of nitrogens with zero attached hydrogens (tertiary/aromatic N) is 1. The highest BCUT2D eigenvalue weighted by molar-refractivity contribution is 5.20. The first kappa shape index (κ1) is 11.8. The fraction of sp³-hybridized carbons (Fsp3) is 0.467. The second-order valence-electron chi connectivity index (χ2n) is 5.37. The molecule has 1 fully saturated rings. The Bertz CT molecular complexity index is 427. The number of nitrogens with two attached hydrogens (primary N) is 1. The van der Waals surface area contributed by atoms with E-state index in [4.69, 9.17) is 5.73 Å². The zero-order chi connectivity index (χ0) is 12.4. The number of likely N-dealkylation sites (tertiary alicyclic amines) is 1. The van der Waals surface area contributed by atoms with E-state index in [9.17, 15) is 0 Å². The Labute approximate surface area is 109 Å². The second kappa shape index (κ2) is 5.12. The van der Waals surface area contributed by atoms with Crippen molar-refractivity contribution >= 4 is 0 Å². The average molecular weight is 243 g/mol. The average Bonchev–Trinajstić information content (AvgIpc) is 2.97. The second-order valence-corrected chi connectivity index (χ2v) is 5.37. The minimum atomic E-state index is 0.166. The van der Waals surface area contributed by atoms with Gasteiger partial charge in [0.15, 0.2) is 0 Å². The zero-order valence-electron chi connectivity index (χ0n) is 10.7. The van der Waals surface area contributed by atoms with Crippen molar-refractivity contribution in [1.82, 2.24) is 10.2 Å². The molecule has 1 aromatic rings. The van der Waals surface area contributed by atoms with E-state index in [1.807, 2.05) is 6.07 Å². The van der Waals surface area contributed by atoms with Crippen LogP contribution < -0.4 is 11.1 Å². The Hall–Kier alpha value is -1.32. The molecule has 0 amide bonds. The lowest BCUT2D eigenvalue weighted by molar-refractivity contribution is 0.309. The summed E-state index contributed by atoms with van der Waals surface area (Å²) in [6, 6.07) is 10.6. The third kappa shape index (κ3) is 2.42. The molecule has 2 heterocycles. The molecule has 0 aromatic heterocycles. The summed E-state index contributed by atoms with van der Waals surface area (Å²) in [4.78, 5) is 2.53. The van der Waals surface area contributed by atoms with Crippen molar-refractivity contribution in [3.05, 3.63) is 47.7 Å². The van der Waals surface area contributed by atoms with Crippen molar-refractivity contribution in [1.29, 1.82) is 0 Å². The van der Waals surface area contributed by atoms with Gasteiger partial charge in [-0.25, -0.2) is 0 Å². The number of benzene rings is 1. The van der Waals surface area contributed by atoms with Crippen LogP contribution in [0.5, 0.6) is 0 Å². The molecule has 1 saturated heterocycles. The van der Waals surface area contributed by atoms with Gasteiger partial charge in [0.2, 0.25) is 0 Å². The van der Waals surface area contributed by atoms with Gasteiger partial charge in [0.05, 0.1) is 0 Å². The van der Waals surface area contributed by atoms with Gasteiger partial charge in [-0.3, -0.25) is 4.90 Å². The lowest BCUT2D eigenvalue weighted by Crippen LogP contribution is -2.27. The highest BCUT2D eigenvalue weighted by Crippen LogP contribution is 2.25. The molecule has 2 aliphatic heterocycles. The molecule has 18 heavy (non-hydrogen) atoms. The van der Waals surface area contributed by atoms with E-state index in [-0.39, 0.29) is 6.04 Å². The van der Waals surface area contributed by atoms with Crippen molar-refractivity contribution < 1.29 is 0 Å². The van der Waals surface area contributed by atoms with Crippen molar-refractivity contribution in [2.45, 2.75) is 12.5 Å². The van der Waals surface area contributed by atoms with Gasteiger partial charge in [-0.2, -0.15) is 0 Å². The van der Waals surface area contributed by atoms with Crippen LogP contribution in [0.25, 0.3) is 0 Å². The number of nitrogens with one attached hydrogen (secondary N) is 1. The molecule has 2 aliphatic rings. The van der Waals surface area contributed by atoms with Crippen LogP contribution in [0.15, 0.2) is 42.1 Å². The molecule has 1 aromatic carbocycles. The lowest BCUT2D eigenvalue weighted by atomic mass is 10.0. The smallest absolute Gasteiger partial charge is 0.0307 e. The number of rotatable bonds is 4. The standard InChI is InChI=1S/C15H21N3/c16-15(12-4-2-1-3-5-12)6-7-18-10-13-8-17-9-14(13)11-18/h1-5,8,14-15,17H,6-7,9-11,16H2. The molecule has 3 nitrogen and oxygen atoms in total. The van der Waals surface area contributed by atoms with Crippen LogP contribution in [-0.4, -0.2) is 31.1 Å². The monoisotopic (exact) mass is 243 g/mol. The number of hydrogen-bond donors (Lipinski definition) is 2. The molecule has 96 valence electrons. The van der Waals surface area contributed by atoms with Gasteiger partial charge < -0.3 is 11.1 Å². The SMILES string of the molecule is NC(CCN1CC2=CNCC2C1)c1ccccc1. The Morgan fingerprint density at radius 2 is 2.17 bits per heavy atom. The van der Waals surface area contributed by atoms with E-state index < -0.39 is 0 Å². The van der Waals surface area contributed by atoms with Gasteiger partial charge in [0.1, 0.15) is 0 Å². The number of fused-ring (bicyclic) bond motifs is 1. The molecule has 2 unspecified atom stereocenters. The fourth-order valence-corrected chi connectivity index (χ4v) is 2.93. The fourth-order valence-electron chi connectivity index (χ4n) is 2.93. The molecule has 3 heteroatoms. The third-order valence-electron chi connectivity index (χ3n) is 4.04. The van der Waals surface area contributed by atoms with Crippen LogP contribution in [0.2, 0.25) is 0 Å². The Kier molecular flexibility index (Phi) is 3.35. The van der Waals surface area contributed by atoms with Gasteiger partial charge in [0, 0.05) is 38.1 Å². The summed E-state index contributed by atoms with van der Waals surface area (Å²) in [6.07, 6.45) is 3.24. The summed E-state index contributed by atoms with van der Waals surface area (Å²) < 4.78 is 0. The molecule has 2 atom stereocenters. The van der Waals surface area contributed by atoms with Crippen LogP contribution in [0.3, 0.4) is 0 Å². The van der Waals surface area contributed by atoms with Crippen LogP contribution in [-0.2, 0) is 0 Å². The maximum Gasteiger partial charge on any atom is 0.0307 e. The maximum atomic E-state index is 6.24. The van der Waals surface area contributed by atoms with E-state index in [1.54, 1.807) is 5.57 Å². The minimum Gasteiger partial charge on any atom is -0.390 e. The zero-order valence-corrected chi connectivity index (χ0v) is 10.7. The van der Waals surface area contributed by atoms with E-state index in [0.29, 0.717) is 0 Å². The van der Waals surface area contributed by atoms with Gasteiger partial charge in [0.25, 0.3) is 0 Å². The molecule has 3 N–H and O–H groups in total. The van der Waals surface area contributed by atoms with Crippen LogP contribution in [0, 0.1) is 5.92 Å². The summed E-state index contributed by atoms with van der Waals surface area (Å²) in [5.74, 6) is 0.748. The Balaban J connectivity index is 1.50. The minimum absolute atomic E-state index is 0.166. The topological polar surface area (TPSA) is 41.3 Å². The highest BCUT2D eigenvalue weighted by Gasteiger charge is 2.29. The first-order chi connectivity index (χ1) is 8.83. The van der Waals surface area contributed by atoms with E-state index >= 15 is 0 Å². The molecule has 0 spiro atoms. The van der Waals surface area contributed by atoms with Crippen LogP contribution >= 0.6 is 0 Å². The molecule has 0 bridgehead atoms.